The summed E-state index contributed by atoms with van der Waals surface area (Å²) in [6.07, 6.45) is 3.03. The first-order valence-electron chi connectivity index (χ1n) is 16.1. The largest absolute Gasteiger partial charge is 0.469 e. The zero-order valence-corrected chi connectivity index (χ0v) is 28.8. The number of aryl methyl sites for hydroxylation is 2. The second kappa shape index (κ2) is 13.9. The van der Waals surface area contributed by atoms with Crippen molar-refractivity contribution in [3.05, 3.63) is 69.3 Å². The molecule has 2 unspecified atom stereocenters. The van der Waals surface area contributed by atoms with Gasteiger partial charge in [-0.15, -0.1) is 0 Å². The highest BCUT2D eigenvalue weighted by atomic mass is 16.5. The molecule has 0 amide bonds. The van der Waals surface area contributed by atoms with E-state index in [1.165, 1.54) is 14.2 Å². The quantitative estimate of drug-likeness (QED) is 0.172. The highest BCUT2D eigenvalue weighted by Gasteiger charge is 2.24. The van der Waals surface area contributed by atoms with Crippen molar-refractivity contribution in [3.63, 3.8) is 0 Å². The third-order valence-corrected chi connectivity index (χ3v) is 9.57. The molecule has 3 aromatic rings. The number of allylic oxidation sites excluding steroid dienone is 4. The summed E-state index contributed by atoms with van der Waals surface area (Å²) in [6.45, 7) is 11.7. The average molecular weight is 651 g/mol. The first-order valence-corrected chi connectivity index (χ1v) is 16.1. The predicted octanol–water partition coefficient (Wildman–Crippen LogP) is 7.30. The van der Waals surface area contributed by atoms with E-state index in [1.54, 1.807) is 0 Å². The fourth-order valence-corrected chi connectivity index (χ4v) is 6.74. The minimum Gasteiger partial charge on any atom is -0.469 e. The fraction of sp³-hybridized carbons (Fsp3) is 0.368. The van der Waals surface area contributed by atoms with Crippen molar-refractivity contribution in [3.8, 4) is 0 Å². The molecule has 2 N–H and O–H groups in total. The van der Waals surface area contributed by atoms with Gasteiger partial charge in [-0.25, -0.2) is 9.97 Å². The fourth-order valence-electron chi connectivity index (χ4n) is 6.74. The Balaban J connectivity index is 1.94. The Morgan fingerprint density at radius 3 is 1.46 bits per heavy atom. The van der Waals surface area contributed by atoms with Crippen LogP contribution in [0.15, 0.2) is 24.3 Å². The molecule has 2 atom stereocenters. The molecule has 5 heterocycles. The third-order valence-electron chi connectivity index (χ3n) is 9.57. The first kappa shape index (κ1) is 34.2. The highest BCUT2D eigenvalue weighted by Crippen LogP contribution is 2.39. The molecule has 0 aliphatic carbocycles. The van der Waals surface area contributed by atoms with E-state index >= 15 is 0 Å². The topological polar surface area (TPSA) is 144 Å². The molecule has 10 nitrogen and oxygen atoms in total. The van der Waals surface area contributed by atoms with Crippen LogP contribution in [0.1, 0.15) is 110 Å². The number of carbonyl (C=O) groups excluding carboxylic acids is 4. The van der Waals surface area contributed by atoms with Gasteiger partial charge in [0, 0.05) is 46.7 Å². The number of nitrogens with one attached hydrogen (secondary N) is 2. The van der Waals surface area contributed by atoms with Crippen LogP contribution >= 0.6 is 0 Å². The predicted molar refractivity (Wildman–Crippen MR) is 187 cm³/mol. The highest BCUT2D eigenvalue weighted by molar-refractivity contribution is 5.97. The molecule has 10 heteroatoms. The van der Waals surface area contributed by atoms with Crippen molar-refractivity contribution in [1.29, 1.82) is 0 Å². The Morgan fingerprint density at radius 2 is 1.04 bits per heavy atom. The number of rotatable bonds is 10. The van der Waals surface area contributed by atoms with Gasteiger partial charge in [-0.1, -0.05) is 13.8 Å². The van der Waals surface area contributed by atoms with Crippen molar-refractivity contribution < 1.29 is 28.7 Å². The summed E-state index contributed by atoms with van der Waals surface area (Å²) >= 11 is 0. The van der Waals surface area contributed by atoms with Gasteiger partial charge >= 0.3 is 11.9 Å². The molecule has 2 aliphatic heterocycles. The van der Waals surface area contributed by atoms with Gasteiger partial charge in [0.2, 0.25) is 0 Å². The van der Waals surface area contributed by atoms with Crippen LogP contribution in [0.5, 0.6) is 0 Å². The van der Waals surface area contributed by atoms with E-state index in [0.717, 1.165) is 84.9 Å². The van der Waals surface area contributed by atoms with Crippen LogP contribution in [0.4, 0.5) is 0 Å². The Bertz CT molecular complexity index is 2060. The minimum atomic E-state index is -0.397. The van der Waals surface area contributed by atoms with E-state index in [9.17, 15) is 19.2 Å². The van der Waals surface area contributed by atoms with Crippen LogP contribution in [-0.2, 0) is 28.7 Å². The number of nitrogens with zero attached hydrogens (tertiary/aromatic N) is 2. The lowest BCUT2D eigenvalue weighted by Gasteiger charge is -2.06. The van der Waals surface area contributed by atoms with Crippen LogP contribution in [0.2, 0.25) is 0 Å². The maximum Gasteiger partial charge on any atom is 0.305 e. The monoisotopic (exact) mass is 650 g/mol. The maximum atomic E-state index is 12.2. The molecule has 0 aromatic carbocycles. The van der Waals surface area contributed by atoms with Crippen molar-refractivity contribution in [2.45, 2.75) is 79.1 Å². The van der Waals surface area contributed by atoms with Gasteiger partial charge in [-0.3, -0.25) is 9.59 Å². The normalized spacial score (nSPS) is 14.2. The van der Waals surface area contributed by atoms with Gasteiger partial charge in [0.05, 0.1) is 37.0 Å². The standard InChI is InChI=1S/C38H42N4O6/c1-19(17-43)37-23(5)29-13-27-21(3)25(9-11-35(45)47-7)31(39-27)16-32-26(10-12-36(46)48-8)22(4)28(40-32)14-33-38(20(2)18-44)24(6)30(42-33)15-34(37)41-29/h13-20,41-42H,9-12H2,1-8H3. The Labute approximate surface area is 279 Å². The molecule has 0 saturated heterocycles. The molecule has 0 saturated carbocycles. The molecule has 2 aliphatic rings. The average Bonchev–Trinajstić information content (AvgIpc) is 3.74. The van der Waals surface area contributed by atoms with Gasteiger partial charge in [0.15, 0.2) is 0 Å². The molecule has 250 valence electrons. The Hall–Kier alpha value is -5.12. The van der Waals surface area contributed by atoms with E-state index in [0.29, 0.717) is 29.9 Å². The smallest absolute Gasteiger partial charge is 0.305 e. The summed E-state index contributed by atoms with van der Waals surface area (Å²) in [5.41, 5.74) is 13.1. The second-order valence-corrected chi connectivity index (χ2v) is 12.5. The lowest BCUT2D eigenvalue weighted by Crippen LogP contribution is -2.01. The lowest BCUT2D eigenvalue weighted by molar-refractivity contribution is -0.141. The SMILES string of the molecule is COC(=O)CCC1=C(C)c2cc3[nH]c(cc4[nH]c(cc5nc(cc1n2)C(CCC(=O)OC)=C5C)c(C(C)C=O)c4C)c(C(C)C=O)c3C. The molecule has 48 heavy (non-hydrogen) atoms. The Kier molecular flexibility index (Phi) is 9.93. The third kappa shape index (κ3) is 6.39. The molecule has 0 fully saturated rings. The van der Waals surface area contributed by atoms with Crippen molar-refractivity contribution in [1.82, 2.24) is 19.9 Å². The molecular weight excluding hydrogens is 608 g/mol. The molecule has 0 spiro atoms. The van der Waals surface area contributed by atoms with E-state index in [1.807, 2.05) is 65.8 Å². The van der Waals surface area contributed by atoms with Crippen LogP contribution in [0, 0.1) is 13.8 Å². The van der Waals surface area contributed by atoms with Crippen LogP contribution in [0.3, 0.4) is 0 Å². The van der Waals surface area contributed by atoms with Crippen LogP contribution in [0.25, 0.3) is 44.4 Å². The van der Waals surface area contributed by atoms with Gasteiger partial charge in [0.25, 0.3) is 0 Å². The van der Waals surface area contributed by atoms with Crippen molar-refractivity contribution in [2.24, 2.45) is 0 Å². The van der Waals surface area contributed by atoms with Gasteiger partial charge in [-0.05, 0) is 109 Å². The number of aromatic nitrogens is 4. The van der Waals surface area contributed by atoms with Gasteiger partial charge in [-0.2, -0.15) is 0 Å². The van der Waals surface area contributed by atoms with Crippen molar-refractivity contribution >= 4 is 68.9 Å². The number of methoxy groups -OCH3 is 2. The molecular formula is C38H42N4O6. The van der Waals surface area contributed by atoms with E-state index in [-0.39, 0.29) is 30.7 Å². The number of H-pyrrole nitrogens is 2. The summed E-state index contributed by atoms with van der Waals surface area (Å²) in [6, 6.07) is 7.83. The zero-order valence-electron chi connectivity index (χ0n) is 28.8. The second-order valence-electron chi connectivity index (χ2n) is 12.5. The number of esters is 2. The van der Waals surface area contributed by atoms with E-state index < -0.39 is 5.92 Å². The first-order chi connectivity index (χ1) is 22.9. The summed E-state index contributed by atoms with van der Waals surface area (Å²) in [5.74, 6) is -1.42. The molecule has 3 aromatic heterocycles. The van der Waals surface area contributed by atoms with Crippen LogP contribution in [-0.4, -0.2) is 58.7 Å². The number of hydrogen-bond acceptors (Lipinski definition) is 8. The van der Waals surface area contributed by atoms with Gasteiger partial charge < -0.3 is 29.0 Å². The number of carbonyl (C=O) groups is 4. The number of ether oxygens (including phenoxy) is 2. The van der Waals surface area contributed by atoms with Crippen LogP contribution < -0.4 is 0 Å². The number of aldehydes is 2. The summed E-state index contributed by atoms with van der Waals surface area (Å²) in [7, 11) is 2.74. The van der Waals surface area contributed by atoms with Gasteiger partial charge in [0.1, 0.15) is 12.6 Å². The maximum absolute atomic E-state index is 12.2. The molecule has 5 rings (SSSR count). The summed E-state index contributed by atoms with van der Waals surface area (Å²) in [4.78, 5) is 65.9. The lowest BCUT2D eigenvalue weighted by atomic mass is 9.97. The number of hydrogen-bond donors (Lipinski definition) is 2. The van der Waals surface area contributed by atoms with E-state index in [4.69, 9.17) is 19.4 Å². The van der Waals surface area contributed by atoms with Crippen molar-refractivity contribution in [2.75, 3.05) is 14.2 Å². The minimum absolute atomic E-state index is 0.176. The van der Waals surface area contributed by atoms with E-state index in [2.05, 4.69) is 9.97 Å². The Morgan fingerprint density at radius 1 is 0.646 bits per heavy atom. The zero-order chi connectivity index (χ0) is 34.9. The summed E-state index contributed by atoms with van der Waals surface area (Å²) < 4.78 is 9.88. The number of fused-ring (bicyclic) bond motifs is 8. The molecule has 8 bridgehead atoms. The molecule has 0 radical (unpaired) electrons. The number of aromatic amines is 2. The summed E-state index contributed by atoms with van der Waals surface area (Å²) in [5, 5.41) is 0.